The van der Waals surface area contributed by atoms with Crippen molar-refractivity contribution in [2.45, 2.75) is 6.92 Å². The van der Waals surface area contributed by atoms with Crippen LogP contribution in [0.4, 0.5) is 0 Å². The maximum absolute atomic E-state index is 10.7. The molecule has 52 heavy (non-hydrogen) atoms. The first kappa shape index (κ1) is 33.1. The van der Waals surface area contributed by atoms with Crippen LogP contribution in [0.3, 0.4) is 0 Å². The molecule has 0 atom stereocenters. The van der Waals surface area contributed by atoms with Crippen molar-refractivity contribution in [2.24, 2.45) is 0 Å². The summed E-state index contributed by atoms with van der Waals surface area (Å²) in [5, 5.41) is 13.0. The largest absolute Gasteiger partial charge is 0.507 e. The molecule has 9 aromatic rings. The zero-order valence-corrected chi connectivity index (χ0v) is 30.4. The van der Waals surface area contributed by atoms with E-state index in [1.807, 2.05) is 85.8 Å². The van der Waals surface area contributed by atoms with Crippen LogP contribution in [0.25, 0.3) is 89.1 Å². The van der Waals surface area contributed by atoms with Gasteiger partial charge in [0, 0.05) is 60.0 Å². The number of aryl methyl sites for hydroxylation is 1. The van der Waals surface area contributed by atoms with E-state index in [1.54, 1.807) is 6.07 Å². The molecule has 0 saturated carbocycles. The van der Waals surface area contributed by atoms with Gasteiger partial charge in [-0.1, -0.05) is 126 Å². The monoisotopic (exact) mass is 850 g/mol. The molecule has 5 heteroatoms. The number of benzene rings is 6. The number of phenols is 1. The molecule has 0 saturated heterocycles. The Morgan fingerprint density at radius 2 is 1.06 bits per heavy atom. The summed E-state index contributed by atoms with van der Waals surface area (Å²) in [6, 6.07) is 58.7. The topological polar surface area (TPSA) is 59.2 Å². The van der Waals surface area contributed by atoms with Crippen molar-refractivity contribution >= 4 is 21.9 Å². The molecule has 0 radical (unpaired) electrons. The van der Waals surface area contributed by atoms with Gasteiger partial charge in [0.2, 0.25) is 0 Å². The summed E-state index contributed by atoms with van der Waals surface area (Å²) in [7, 11) is 0. The van der Waals surface area contributed by atoms with E-state index in [2.05, 4.69) is 84.9 Å². The molecule has 6 aromatic carbocycles. The zero-order chi connectivity index (χ0) is 34.3. The second-order valence-corrected chi connectivity index (χ2v) is 12.7. The summed E-state index contributed by atoms with van der Waals surface area (Å²) in [6.45, 7) is 2.02. The molecule has 0 aliphatic rings. The number of fused-ring (bicyclic) bond motifs is 3. The fourth-order valence-electron chi connectivity index (χ4n) is 6.85. The summed E-state index contributed by atoms with van der Waals surface area (Å²) in [4.78, 5) is 9.95. The number of hydrogen-bond donors (Lipinski definition) is 1. The quantitative estimate of drug-likeness (QED) is 0.169. The average molecular weight is 851 g/mol. The van der Waals surface area contributed by atoms with E-state index in [9.17, 15) is 5.11 Å². The molecule has 3 aromatic heterocycles. The van der Waals surface area contributed by atoms with E-state index < -0.39 is 0 Å². The van der Waals surface area contributed by atoms with Crippen molar-refractivity contribution in [3.05, 3.63) is 176 Å². The summed E-state index contributed by atoms with van der Waals surface area (Å²) < 4.78 is 6.31. The van der Waals surface area contributed by atoms with Crippen LogP contribution in [0.2, 0.25) is 0 Å². The van der Waals surface area contributed by atoms with Crippen LogP contribution in [0, 0.1) is 13.0 Å². The molecule has 0 aliphatic carbocycles. The van der Waals surface area contributed by atoms with Gasteiger partial charge in [0.05, 0.1) is 5.69 Å². The van der Waals surface area contributed by atoms with Crippen LogP contribution in [0.1, 0.15) is 5.69 Å². The minimum atomic E-state index is 0. The normalized spacial score (nSPS) is 11.1. The van der Waals surface area contributed by atoms with Crippen LogP contribution < -0.4 is 0 Å². The Kier molecular flexibility index (Phi) is 8.84. The summed E-state index contributed by atoms with van der Waals surface area (Å²) in [5.74, 6) is 0.190. The standard InChI is InChI=1S/C47H31N2O2.Pt/c1-30-25-36(32-21-23-33(24-22-32)38-17-10-18-40-39-15-6-8-20-46(39)51-47(38)40)27-42(48-30)34-13-9-14-35(26-34)43-28-37(31-11-3-2-4-12-31)29-44(49-43)41-16-5-7-19-45(41)50;/h2-25,27-29,50H,1H3;/q-1;. The Morgan fingerprint density at radius 3 is 1.85 bits per heavy atom. The van der Waals surface area contributed by atoms with Crippen molar-refractivity contribution < 1.29 is 30.6 Å². The maximum atomic E-state index is 10.7. The van der Waals surface area contributed by atoms with Crippen molar-refractivity contribution in [3.63, 3.8) is 0 Å². The summed E-state index contributed by atoms with van der Waals surface area (Å²) >= 11 is 0. The number of rotatable bonds is 6. The molecule has 9 rings (SSSR count). The zero-order valence-electron chi connectivity index (χ0n) is 28.2. The average Bonchev–Trinajstić information content (AvgIpc) is 3.57. The Morgan fingerprint density at radius 1 is 0.481 bits per heavy atom. The molecular formula is C47H31N2O2Pt-. The van der Waals surface area contributed by atoms with Gasteiger partial charge in [-0.2, -0.15) is 0 Å². The number of phenolic OH excluding ortho intramolecular Hbond substituents is 1. The first-order chi connectivity index (χ1) is 25.1. The summed E-state index contributed by atoms with van der Waals surface area (Å²) in [6.07, 6.45) is 0. The third kappa shape index (κ3) is 6.23. The van der Waals surface area contributed by atoms with Gasteiger partial charge in [0.15, 0.2) is 0 Å². The van der Waals surface area contributed by atoms with Gasteiger partial charge in [-0.05, 0) is 65.1 Å². The number of furan rings is 1. The predicted molar refractivity (Wildman–Crippen MR) is 207 cm³/mol. The van der Waals surface area contributed by atoms with E-state index in [0.29, 0.717) is 11.3 Å². The molecule has 1 N–H and O–H groups in total. The fraction of sp³-hybridized carbons (Fsp3) is 0.0213. The third-order valence-corrected chi connectivity index (χ3v) is 9.35. The molecule has 252 valence electrons. The molecule has 0 amide bonds. The molecule has 0 fully saturated rings. The second-order valence-electron chi connectivity index (χ2n) is 12.7. The molecule has 0 unspecified atom stereocenters. The molecule has 3 heterocycles. The van der Waals surface area contributed by atoms with E-state index >= 15 is 0 Å². The van der Waals surface area contributed by atoms with Gasteiger partial charge in [-0.25, -0.2) is 0 Å². The van der Waals surface area contributed by atoms with E-state index in [1.165, 1.54) is 0 Å². The molecule has 4 nitrogen and oxygen atoms in total. The Hall–Kier alpha value is -6.09. The molecular weight excluding hydrogens is 820 g/mol. The SMILES string of the molecule is Cc1cc(-c2ccc(-c3cccc4c3oc3ccccc34)cc2)cc(-c2[c-]c(-c3cc(-c4ccccc4)cc(-c4ccccc4O)n3)ccc2)n1.[Pt]. The Bertz CT molecular complexity index is 2720. The van der Waals surface area contributed by atoms with Crippen molar-refractivity contribution in [3.8, 4) is 72.9 Å². The van der Waals surface area contributed by atoms with Crippen molar-refractivity contribution in [1.29, 1.82) is 0 Å². The molecule has 0 spiro atoms. The number of pyridine rings is 2. The van der Waals surface area contributed by atoms with Crippen molar-refractivity contribution in [2.75, 3.05) is 0 Å². The van der Waals surface area contributed by atoms with Crippen molar-refractivity contribution in [1.82, 2.24) is 9.97 Å². The van der Waals surface area contributed by atoms with Gasteiger partial charge in [0.25, 0.3) is 0 Å². The first-order valence-corrected chi connectivity index (χ1v) is 17.0. The second kappa shape index (κ2) is 13.9. The number of hydrogen-bond acceptors (Lipinski definition) is 4. The Balaban J connectivity index is 0.00000387. The number of aromatic nitrogens is 2. The van der Waals surface area contributed by atoms with E-state index in [-0.39, 0.29) is 26.8 Å². The summed E-state index contributed by atoms with van der Waals surface area (Å²) in [5.41, 5.74) is 13.8. The molecule has 0 bridgehead atoms. The first-order valence-electron chi connectivity index (χ1n) is 17.0. The fourth-order valence-corrected chi connectivity index (χ4v) is 6.85. The minimum Gasteiger partial charge on any atom is -0.507 e. The van der Waals surface area contributed by atoms with E-state index in [4.69, 9.17) is 14.4 Å². The van der Waals surface area contributed by atoms with Crippen LogP contribution in [-0.2, 0) is 21.1 Å². The van der Waals surface area contributed by atoms with Gasteiger partial charge >= 0.3 is 0 Å². The predicted octanol–water partition coefficient (Wildman–Crippen LogP) is 12.2. The Labute approximate surface area is 316 Å². The smallest absolute Gasteiger partial charge is 0.143 e. The number of aromatic hydroxyl groups is 1. The van der Waals surface area contributed by atoms with Gasteiger partial charge < -0.3 is 9.52 Å². The third-order valence-electron chi connectivity index (χ3n) is 9.35. The van der Waals surface area contributed by atoms with Crippen LogP contribution in [0.5, 0.6) is 5.75 Å². The van der Waals surface area contributed by atoms with Crippen LogP contribution in [-0.4, -0.2) is 15.1 Å². The van der Waals surface area contributed by atoms with Gasteiger partial charge in [-0.3, -0.25) is 9.97 Å². The minimum absolute atomic E-state index is 0. The maximum Gasteiger partial charge on any atom is 0.143 e. The van der Waals surface area contributed by atoms with Gasteiger partial charge in [0.1, 0.15) is 16.9 Å². The molecule has 0 aliphatic heterocycles. The van der Waals surface area contributed by atoms with Gasteiger partial charge in [-0.15, -0.1) is 24.3 Å². The van der Waals surface area contributed by atoms with E-state index in [0.717, 1.165) is 83.5 Å². The van der Waals surface area contributed by atoms with Crippen LogP contribution >= 0.6 is 0 Å². The van der Waals surface area contributed by atoms with Crippen LogP contribution in [0.15, 0.2) is 168 Å². The number of nitrogens with zero attached hydrogens (tertiary/aromatic N) is 2. The number of para-hydroxylation sites is 3.